The lowest BCUT2D eigenvalue weighted by Crippen LogP contribution is -2.15. The summed E-state index contributed by atoms with van der Waals surface area (Å²) >= 11 is 6.14. The SMILES string of the molecule is COc1ccc(NC(=O)Cc2cccc3cccnc23)c(Cl)c1. The molecule has 0 aliphatic rings. The number of hydrogen-bond donors (Lipinski definition) is 1. The van der Waals surface area contributed by atoms with Crippen LogP contribution in [-0.2, 0) is 11.2 Å². The molecule has 1 heterocycles. The zero-order valence-electron chi connectivity index (χ0n) is 12.5. The number of methoxy groups -OCH3 is 1. The summed E-state index contributed by atoms with van der Waals surface area (Å²) in [6.45, 7) is 0. The molecule has 1 amide bonds. The van der Waals surface area contributed by atoms with E-state index in [1.54, 1.807) is 31.5 Å². The summed E-state index contributed by atoms with van der Waals surface area (Å²) in [5, 5.41) is 4.27. The van der Waals surface area contributed by atoms with Crippen LogP contribution in [0.2, 0.25) is 5.02 Å². The van der Waals surface area contributed by atoms with Gasteiger partial charge in [0.1, 0.15) is 5.75 Å². The molecule has 4 nitrogen and oxygen atoms in total. The minimum absolute atomic E-state index is 0.143. The van der Waals surface area contributed by atoms with Crippen LogP contribution >= 0.6 is 11.6 Å². The van der Waals surface area contributed by atoms with E-state index in [-0.39, 0.29) is 12.3 Å². The third-order valence-corrected chi connectivity index (χ3v) is 3.83. The van der Waals surface area contributed by atoms with Crippen molar-refractivity contribution >= 4 is 34.1 Å². The van der Waals surface area contributed by atoms with Gasteiger partial charge in [0.05, 0.1) is 29.8 Å². The first-order chi connectivity index (χ1) is 11.2. The molecule has 2 aromatic carbocycles. The van der Waals surface area contributed by atoms with Gasteiger partial charge in [-0.25, -0.2) is 0 Å². The van der Waals surface area contributed by atoms with Gasteiger partial charge in [-0.3, -0.25) is 9.78 Å². The van der Waals surface area contributed by atoms with Crippen LogP contribution in [0.5, 0.6) is 5.75 Å². The number of halogens is 1. The van der Waals surface area contributed by atoms with Crippen molar-refractivity contribution in [1.82, 2.24) is 4.98 Å². The Morgan fingerprint density at radius 3 is 2.83 bits per heavy atom. The van der Waals surface area contributed by atoms with E-state index in [0.29, 0.717) is 16.5 Å². The summed E-state index contributed by atoms with van der Waals surface area (Å²) in [4.78, 5) is 16.7. The number of aromatic nitrogens is 1. The Balaban J connectivity index is 1.79. The van der Waals surface area contributed by atoms with Crippen LogP contribution in [0.4, 0.5) is 5.69 Å². The van der Waals surface area contributed by atoms with Gasteiger partial charge in [-0.1, -0.05) is 35.9 Å². The van der Waals surface area contributed by atoms with Crippen molar-refractivity contribution in [3.8, 4) is 5.75 Å². The summed E-state index contributed by atoms with van der Waals surface area (Å²) < 4.78 is 5.09. The number of nitrogens with zero attached hydrogens (tertiary/aromatic N) is 1. The Hall–Kier alpha value is -2.59. The summed E-state index contributed by atoms with van der Waals surface area (Å²) in [6.07, 6.45) is 1.96. The highest BCUT2D eigenvalue weighted by Crippen LogP contribution is 2.27. The second-order valence-corrected chi connectivity index (χ2v) is 5.47. The van der Waals surface area contributed by atoms with Crippen molar-refractivity contribution in [2.24, 2.45) is 0 Å². The molecule has 0 saturated heterocycles. The minimum atomic E-state index is -0.143. The topological polar surface area (TPSA) is 51.2 Å². The molecule has 0 unspecified atom stereocenters. The molecular weight excluding hydrogens is 312 g/mol. The van der Waals surface area contributed by atoms with Crippen LogP contribution in [0.1, 0.15) is 5.56 Å². The maximum absolute atomic E-state index is 12.3. The molecule has 1 aromatic heterocycles. The number of benzene rings is 2. The fourth-order valence-electron chi connectivity index (χ4n) is 2.40. The first kappa shape index (κ1) is 15.3. The van der Waals surface area contributed by atoms with E-state index >= 15 is 0 Å². The van der Waals surface area contributed by atoms with E-state index in [4.69, 9.17) is 16.3 Å². The molecule has 3 rings (SSSR count). The van der Waals surface area contributed by atoms with Crippen LogP contribution in [-0.4, -0.2) is 18.0 Å². The monoisotopic (exact) mass is 326 g/mol. The number of nitrogens with one attached hydrogen (secondary N) is 1. The number of carbonyl (C=O) groups is 1. The molecule has 5 heteroatoms. The molecule has 0 aliphatic carbocycles. The summed E-state index contributed by atoms with van der Waals surface area (Å²) in [5.41, 5.74) is 2.28. The van der Waals surface area contributed by atoms with E-state index in [0.717, 1.165) is 16.5 Å². The fraction of sp³-hybridized carbons (Fsp3) is 0.111. The number of para-hydroxylation sites is 1. The number of hydrogen-bond acceptors (Lipinski definition) is 3. The third-order valence-electron chi connectivity index (χ3n) is 3.52. The van der Waals surface area contributed by atoms with Gasteiger partial charge in [-0.15, -0.1) is 0 Å². The number of pyridine rings is 1. The fourth-order valence-corrected chi connectivity index (χ4v) is 2.62. The highest BCUT2D eigenvalue weighted by atomic mass is 35.5. The Bertz CT molecular complexity index is 859. The molecule has 23 heavy (non-hydrogen) atoms. The van der Waals surface area contributed by atoms with Crippen molar-refractivity contribution in [1.29, 1.82) is 0 Å². The second-order valence-electron chi connectivity index (χ2n) is 5.06. The van der Waals surface area contributed by atoms with Crippen molar-refractivity contribution in [2.75, 3.05) is 12.4 Å². The lowest BCUT2D eigenvalue weighted by Gasteiger charge is -2.09. The van der Waals surface area contributed by atoms with E-state index in [9.17, 15) is 4.79 Å². The Morgan fingerprint density at radius 2 is 2.04 bits per heavy atom. The van der Waals surface area contributed by atoms with Crippen molar-refractivity contribution in [3.63, 3.8) is 0 Å². The van der Waals surface area contributed by atoms with Crippen LogP contribution in [0.3, 0.4) is 0 Å². The minimum Gasteiger partial charge on any atom is -0.497 e. The zero-order valence-corrected chi connectivity index (χ0v) is 13.3. The molecule has 0 fully saturated rings. The van der Waals surface area contributed by atoms with Crippen molar-refractivity contribution in [2.45, 2.75) is 6.42 Å². The van der Waals surface area contributed by atoms with Crippen molar-refractivity contribution < 1.29 is 9.53 Å². The van der Waals surface area contributed by atoms with Crippen LogP contribution in [0.25, 0.3) is 10.9 Å². The predicted octanol–water partition coefficient (Wildman–Crippen LogP) is 4.08. The first-order valence-corrected chi connectivity index (χ1v) is 7.51. The van der Waals surface area contributed by atoms with Gasteiger partial charge in [0.15, 0.2) is 0 Å². The molecule has 0 saturated carbocycles. The van der Waals surface area contributed by atoms with E-state index < -0.39 is 0 Å². The van der Waals surface area contributed by atoms with Gasteiger partial charge in [-0.2, -0.15) is 0 Å². The number of anilines is 1. The Morgan fingerprint density at radius 1 is 1.22 bits per heavy atom. The average Bonchev–Trinajstić information content (AvgIpc) is 2.57. The van der Waals surface area contributed by atoms with E-state index in [2.05, 4.69) is 10.3 Å². The van der Waals surface area contributed by atoms with Crippen LogP contribution in [0.15, 0.2) is 54.7 Å². The van der Waals surface area contributed by atoms with E-state index in [1.165, 1.54) is 0 Å². The van der Waals surface area contributed by atoms with Gasteiger partial charge in [0.25, 0.3) is 0 Å². The maximum atomic E-state index is 12.3. The predicted molar refractivity (Wildman–Crippen MR) is 92.1 cm³/mol. The second kappa shape index (κ2) is 6.67. The van der Waals surface area contributed by atoms with Gasteiger partial charge in [0.2, 0.25) is 5.91 Å². The smallest absolute Gasteiger partial charge is 0.228 e. The molecule has 1 N–H and O–H groups in total. The Labute approximate surface area is 139 Å². The molecule has 0 bridgehead atoms. The third kappa shape index (κ3) is 3.43. The largest absolute Gasteiger partial charge is 0.497 e. The normalized spacial score (nSPS) is 10.5. The summed E-state index contributed by atoms with van der Waals surface area (Å²) in [6, 6.07) is 14.8. The average molecular weight is 327 g/mol. The number of ether oxygens (including phenoxy) is 1. The van der Waals surface area contributed by atoms with Gasteiger partial charge in [0, 0.05) is 17.6 Å². The zero-order chi connectivity index (χ0) is 16.2. The maximum Gasteiger partial charge on any atom is 0.228 e. The summed E-state index contributed by atoms with van der Waals surface area (Å²) in [5.74, 6) is 0.501. The molecule has 0 spiro atoms. The Kier molecular flexibility index (Phi) is 4.44. The lowest BCUT2D eigenvalue weighted by molar-refractivity contribution is -0.115. The van der Waals surface area contributed by atoms with Gasteiger partial charge in [-0.05, 0) is 23.8 Å². The standard InChI is InChI=1S/C18H15ClN2O2/c1-23-14-7-8-16(15(19)11-14)21-17(22)10-13-5-2-4-12-6-3-9-20-18(12)13/h2-9,11H,10H2,1H3,(H,21,22). The van der Waals surface area contributed by atoms with Gasteiger partial charge < -0.3 is 10.1 Å². The molecule has 0 atom stereocenters. The number of amides is 1. The highest BCUT2D eigenvalue weighted by Gasteiger charge is 2.10. The van der Waals surface area contributed by atoms with Crippen LogP contribution < -0.4 is 10.1 Å². The van der Waals surface area contributed by atoms with Crippen molar-refractivity contribution in [3.05, 3.63) is 65.3 Å². The van der Waals surface area contributed by atoms with E-state index in [1.807, 2.05) is 30.3 Å². The van der Waals surface area contributed by atoms with Gasteiger partial charge >= 0.3 is 0 Å². The quantitative estimate of drug-likeness (QED) is 0.786. The molecule has 116 valence electrons. The molecule has 0 radical (unpaired) electrons. The molecular formula is C18H15ClN2O2. The number of fused-ring (bicyclic) bond motifs is 1. The molecule has 3 aromatic rings. The first-order valence-electron chi connectivity index (χ1n) is 7.13. The number of carbonyl (C=O) groups excluding carboxylic acids is 1. The number of rotatable bonds is 4. The molecule has 0 aliphatic heterocycles. The lowest BCUT2D eigenvalue weighted by atomic mass is 10.1. The highest BCUT2D eigenvalue weighted by molar-refractivity contribution is 6.33. The van der Waals surface area contributed by atoms with Crippen LogP contribution in [0, 0.1) is 0 Å². The summed E-state index contributed by atoms with van der Waals surface area (Å²) in [7, 11) is 1.57.